The molecule has 238 valence electrons. The molecular formula is C31H56N2O8. The molecule has 0 fully saturated rings. The van der Waals surface area contributed by atoms with Gasteiger partial charge in [-0.3, -0.25) is 0 Å². The van der Waals surface area contributed by atoms with Crippen LogP contribution in [0.2, 0.25) is 0 Å². The fourth-order valence-corrected chi connectivity index (χ4v) is 5.19. The van der Waals surface area contributed by atoms with Crippen LogP contribution in [0.25, 0.3) is 0 Å². The standard InChI is InChI=1S/C31H56N2O8/c1-25-22-30-27(24-29(25)32)23-26(2)31(3,4)33(30)28(7-11-37-15-19-41-21-17-39-13-9-35)6-5-10-36-14-18-40-20-16-38-12-8-34/h22,24,26,28,34-35H,5-21,23,32H2,1-4H3. The third-order valence-corrected chi connectivity index (χ3v) is 7.83. The van der Waals surface area contributed by atoms with Crippen molar-refractivity contribution in [1.29, 1.82) is 0 Å². The van der Waals surface area contributed by atoms with E-state index in [-0.39, 0.29) is 24.8 Å². The van der Waals surface area contributed by atoms with E-state index in [2.05, 4.69) is 44.7 Å². The van der Waals surface area contributed by atoms with E-state index in [4.69, 9.17) is 44.4 Å². The summed E-state index contributed by atoms with van der Waals surface area (Å²) in [6, 6.07) is 4.71. The third kappa shape index (κ3) is 12.7. The summed E-state index contributed by atoms with van der Waals surface area (Å²) < 4.78 is 33.4. The zero-order valence-corrected chi connectivity index (χ0v) is 25.9. The average molecular weight is 585 g/mol. The summed E-state index contributed by atoms with van der Waals surface area (Å²) in [7, 11) is 0. The number of rotatable bonds is 24. The molecule has 0 aliphatic carbocycles. The minimum absolute atomic E-state index is 0.0231. The predicted molar refractivity (Wildman–Crippen MR) is 162 cm³/mol. The molecule has 0 radical (unpaired) electrons. The molecule has 41 heavy (non-hydrogen) atoms. The monoisotopic (exact) mass is 584 g/mol. The lowest BCUT2D eigenvalue weighted by atomic mass is 9.76. The summed E-state index contributed by atoms with van der Waals surface area (Å²) in [6.07, 6.45) is 3.83. The second-order valence-corrected chi connectivity index (χ2v) is 11.2. The first-order valence-corrected chi connectivity index (χ1v) is 15.2. The van der Waals surface area contributed by atoms with Crippen LogP contribution < -0.4 is 10.6 Å². The average Bonchev–Trinajstić information content (AvgIpc) is 2.94. The first-order valence-electron chi connectivity index (χ1n) is 15.2. The molecule has 1 aromatic carbocycles. The molecule has 1 aliphatic rings. The van der Waals surface area contributed by atoms with Crippen molar-refractivity contribution >= 4 is 11.4 Å². The summed E-state index contributed by atoms with van der Waals surface area (Å²) in [6.45, 7) is 15.2. The van der Waals surface area contributed by atoms with E-state index >= 15 is 0 Å². The number of ether oxygens (including phenoxy) is 6. The van der Waals surface area contributed by atoms with Crippen LogP contribution in [-0.2, 0) is 34.8 Å². The van der Waals surface area contributed by atoms with Gasteiger partial charge in [-0.2, -0.15) is 0 Å². The van der Waals surface area contributed by atoms with Crippen LogP contribution in [0.5, 0.6) is 0 Å². The smallest absolute Gasteiger partial charge is 0.0701 e. The van der Waals surface area contributed by atoms with Gasteiger partial charge in [-0.25, -0.2) is 0 Å². The number of aryl methyl sites for hydroxylation is 1. The van der Waals surface area contributed by atoms with Crippen molar-refractivity contribution in [2.75, 3.05) is 103 Å². The van der Waals surface area contributed by atoms with Crippen LogP contribution in [0, 0.1) is 12.8 Å². The Morgan fingerprint density at radius 2 is 1.27 bits per heavy atom. The van der Waals surface area contributed by atoms with Gasteiger partial charge in [-0.15, -0.1) is 0 Å². The van der Waals surface area contributed by atoms with Gasteiger partial charge in [-0.1, -0.05) is 6.92 Å². The highest BCUT2D eigenvalue weighted by Gasteiger charge is 2.41. The molecule has 1 aromatic rings. The van der Waals surface area contributed by atoms with Gasteiger partial charge in [0, 0.05) is 36.2 Å². The summed E-state index contributed by atoms with van der Waals surface area (Å²) >= 11 is 0. The number of nitrogens with two attached hydrogens (primary N) is 1. The van der Waals surface area contributed by atoms with Gasteiger partial charge in [0.2, 0.25) is 0 Å². The number of nitrogen functional groups attached to an aromatic ring is 1. The number of benzene rings is 1. The lowest BCUT2D eigenvalue weighted by Gasteiger charge is -2.53. The molecule has 1 aliphatic heterocycles. The van der Waals surface area contributed by atoms with Crippen LogP contribution in [0.1, 0.15) is 51.2 Å². The molecule has 0 amide bonds. The maximum Gasteiger partial charge on any atom is 0.0701 e. The molecule has 0 saturated heterocycles. The van der Waals surface area contributed by atoms with E-state index in [0.717, 1.165) is 36.9 Å². The van der Waals surface area contributed by atoms with Crippen molar-refractivity contribution in [2.24, 2.45) is 5.92 Å². The molecule has 10 heteroatoms. The minimum atomic E-state index is -0.0231. The highest BCUT2D eigenvalue weighted by Crippen LogP contribution is 2.44. The van der Waals surface area contributed by atoms with Crippen molar-refractivity contribution in [2.45, 2.75) is 65.0 Å². The van der Waals surface area contributed by atoms with E-state index in [1.165, 1.54) is 11.3 Å². The predicted octanol–water partition coefficient (Wildman–Crippen LogP) is 2.98. The van der Waals surface area contributed by atoms with Crippen molar-refractivity contribution < 1.29 is 38.6 Å². The van der Waals surface area contributed by atoms with E-state index in [1.54, 1.807) is 0 Å². The van der Waals surface area contributed by atoms with Crippen LogP contribution in [0.3, 0.4) is 0 Å². The zero-order chi connectivity index (χ0) is 29.9. The number of hydrogen-bond acceptors (Lipinski definition) is 10. The van der Waals surface area contributed by atoms with Gasteiger partial charge in [0.15, 0.2) is 0 Å². The summed E-state index contributed by atoms with van der Waals surface area (Å²) in [5, 5.41) is 17.5. The molecule has 2 unspecified atom stereocenters. The molecule has 1 heterocycles. The summed E-state index contributed by atoms with van der Waals surface area (Å²) in [4.78, 5) is 2.62. The molecule has 0 aromatic heterocycles. The molecule has 4 N–H and O–H groups in total. The highest BCUT2D eigenvalue weighted by molar-refractivity contribution is 5.66. The van der Waals surface area contributed by atoms with Crippen LogP contribution in [0.15, 0.2) is 12.1 Å². The van der Waals surface area contributed by atoms with E-state index in [0.29, 0.717) is 85.2 Å². The Kier molecular flexibility index (Phi) is 17.8. The quantitative estimate of drug-likeness (QED) is 0.123. The molecule has 2 atom stereocenters. The van der Waals surface area contributed by atoms with Gasteiger partial charge in [-0.05, 0) is 75.6 Å². The molecule has 2 rings (SSSR count). The first kappa shape index (κ1) is 35.7. The third-order valence-electron chi connectivity index (χ3n) is 7.83. The van der Waals surface area contributed by atoms with E-state index in [1.807, 2.05) is 0 Å². The number of anilines is 2. The summed E-state index contributed by atoms with van der Waals surface area (Å²) in [5.41, 5.74) is 10.9. The molecule has 0 spiro atoms. The molecule has 10 nitrogen and oxygen atoms in total. The maximum absolute atomic E-state index is 8.76. The Balaban J connectivity index is 1.91. The second-order valence-electron chi connectivity index (χ2n) is 11.2. The van der Waals surface area contributed by atoms with Crippen LogP contribution >= 0.6 is 0 Å². The number of hydrogen-bond donors (Lipinski definition) is 3. The SMILES string of the molecule is Cc1cc2c(cc1N)CC(C)C(C)(C)N2C(CCCOCCOCCOCCO)CCOCCOCCOCCO. The Bertz CT molecular complexity index is 826. The Morgan fingerprint density at radius 3 is 1.80 bits per heavy atom. The lowest BCUT2D eigenvalue weighted by molar-refractivity contribution is 0.00496. The Morgan fingerprint density at radius 1 is 0.780 bits per heavy atom. The van der Waals surface area contributed by atoms with Crippen molar-refractivity contribution in [1.82, 2.24) is 0 Å². The largest absolute Gasteiger partial charge is 0.399 e. The normalized spacial score (nSPS) is 17.1. The van der Waals surface area contributed by atoms with Gasteiger partial charge < -0.3 is 49.3 Å². The van der Waals surface area contributed by atoms with Gasteiger partial charge in [0.05, 0.1) is 79.3 Å². The fourth-order valence-electron chi connectivity index (χ4n) is 5.19. The molecular weight excluding hydrogens is 528 g/mol. The number of aliphatic hydroxyl groups excluding tert-OH is 2. The van der Waals surface area contributed by atoms with Gasteiger partial charge >= 0.3 is 0 Å². The maximum atomic E-state index is 8.76. The first-order chi connectivity index (χ1) is 19.8. The highest BCUT2D eigenvalue weighted by atomic mass is 16.6. The fraction of sp³-hybridized carbons (Fsp3) is 0.806. The lowest BCUT2D eigenvalue weighted by Crippen LogP contribution is -2.57. The topological polar surface area (TPSA) is 125 Å². The van der Waals surface area contributed by atoms with Crippen LogP contribution in [-0.4, -0.2) is 114 Å². The Hall–Kier alpha value is -1.50. The van der Waals surface area contributed by atoms with Crippen molar-refractivity contribution in [3.05, 3.63) is 23.3 Å². The van der Waals surface area contributed by atoms with E-state index < -0.39 is 0 Å². The zero-order valence-electron chi connectivity index (χ0n) is 25.9. The number of nitrogens with zero attached hydrogens (tertiary/aromatic N) is 1. The minimum Gasteiger partial charge on any atom is -0.399 e. The Labute approximate surface area is 247 Å². The van der Waals surface area contributed by atoms with E-state index in [9.17, 15) is 0 Å². The summed E-state index contributed by atoms with van der Waals surface area (Å²) in [5.74, 6) is 0.469. The van der Waals surface area contributed by atoms with Crippen molar-refractivity contribution in [3.63, 3.8) is 0 Å². The van der Waals surface area contributed by atoms with Crippen molar-refractivity contribution in [3.8, 4) is 0 Å². The second kappa shape index (κ2) is 20.4. The van der Waals surface area contributed by atoms with Gasteiger partial charge in [0.1, 0.15) is 0 Å². The number of aliphatic hydroxyl groups is 2. The number of fused-ring (bicyclic) bond motifs is 1. The molecule has 0 bridgehead atoms. The molecule has 0 saturated carbocycles. The van der Waals surface area contributed by atoms with Crippen LogP contribution in [0.4, 0.5) is 11.4 Å². The van der Waals surface area contributed by atoms with Gasteiger partial charge in [0.25, 0.3) is 0 Å².